The highest BCUT2D eigenvalue weighted by Crippen LogP contribution is 2.29. The molecule has 84 valence electrons. The second-order valence-corrected chi connectivity index (χ2v) is 4.79. The third-order valence-corrected chi connectivity index (χ3v) is 3.10. The van der Waals surface area contributed by atoms with Gasteiger partial charge < -0.3 is 10.8 Å². The summed E-state index contributed by atoms with van der Waals surface area (Å²) in [5, 5.41) is 10.6. The highest BCUT2D eigenvalue weighted by Gasteiger charge is 2.16. The second-order valence-electron chi connectivity index (χ2n) is 3.40. The van der Waals surface area contributed by atoms with Gasteiger partial charge in [0.25, 0.3) is 10.1 Å². The number of benzene rings is 2. The molecule has 0 saturated heterocycles. The van der Waals surface area contributed by atoms with Crippen molar-refractivity contribution >= 4 is 26.6 Å². The maximum absolute atomic E-state index is 10.9. The van der Waals surface area contributed by atoms with E-state index < -0.39 is 20.8 Å². The van der Waals surface area contributed by atoms with Crippen molar-refractivity contribution in [3.05, 3.63) is 30.3 Å². The Labute approximate surface area is 91.9 Å². The lowest BCUT2D eigenvalue weighted by Gasteiger charge is -2.04. The average Bonchev–Trinajstić information content (AvgIpc) is 2.16. The van der Waals surface area contributed by atoms with E-state index in [1.807, 2.05) is 0 Å². The summed E-state index contributed by atoms with van der Waals surface area (Å²) < 4.78 is 30.8. The van der Waals surface area contributed by atoms with Crippen LogP contribution in [0.2, 0.25) is 0 Å². The Morgan fingerprint density at radius 1 is 1.06 bits per heavy atom. The Hall–Kier alpha value is -1.79. The molecule has 2 aromatic rings. The van der Waals surface area contributed by atoms with Crippen molar-refractivity contribution < 1.29 is 18.1 Å². The van der Waals surface area contributed by atoms with Crippen molar-refractivity contribution in [2.24, 2.45) is 0 Å². The van der Waals surface area contributed by atoms with Gasteiger partial charge in [-0.2, -0.15) is 8.42 Å². The summed E-state index contributed by atoms with van der Waals surface area (Å²) in [6, 6.07) is 7.28. The molecule has 0 amide bonds. The Morgan fingerprint density at radius 3 is 2.38 bits per heavy atom. The minimum Gasteiger partial charge on any atom is -0.506 e. The maximum atomic E-state index is 10.9. The van der Waals surface area contributed by atoms with Crippen LogP contribution in [0, 0.1) is 0 Å². The monoisotopic (exact) mass is 239 g/mol. The van der Waals surface area contributed by atoms with E-state index in [9.17, 15) is 13.5 Å². The van der Waals surface area contributed by atoms with Crippen LogP contribution in [0.5, 0.6) is 5.75 Å². The normalized spacial score (nSPS) is 11.8. The van der Waals surface area contributed by atoms with Gasteiger partial charge in [-0.15, -0.1) is 0 Å². The molecule has 0 aliphatic carbocycles. The number of phenols is 1. The van der Waals surface area contributed by atoms with Gasteiger partial charge in [-0.05, 0) is 35.0 Å². The van der Waals surface area contributed by atoms with Crippen molar-refractivity contribution in [3.8, 4) is 5.75 Å². The second kappa shape index (κ2) is 3.36. The fourth-order valence-electron chi connectivity index (χ4n) is 1.49. The Balaban J connectivity index is 2.84. The molecule has 0 fully saturated rings. The predicted molar refractivity (Wildman–Crippen MR) is 59.8 cm³/mol. The lowest BCUT2D eigenvalue weighted by Crippen LogP contribution is -1.98. The highest BCUT2D eigenvalue weighted by molar-refractivity contribution is 7.86. The number of aromatic hydroxyl groups is 1. The number of anilines is 1. The predicted octanol–water partition coefficient (Wildman–Crippen LogP) is 1.37. The number of phenolic OH excluding ortho intramolecular Hbond substituents is 1. The van der Waals surface area contributed by atoms with E-state index in [-0.39, 0.29) is 0 Å². The molecule has 0 radical (unpaired) electrons. The van der Waals surface area contributed by atoms with Crippen LogP contribution in [-0.2, 0) is 10.1 Å². The maximum Gasteiger partial charge on any atom is 0.298 e. The van der Waals surface area contributed by atoms with Crippen molar-refractivity contribution in [2.45, 2.75) is 4.90 Å². The summed E-state index contributed by atoms with van der Waals surface area (Å²) in [5.74, 6) is -0.486. The molecule has 5 nitrogen and oxygen atoms in total. The average molecular weight is 239 g/mol. The molecule has 0 bridgehead atoms. The minimum absolute atomic E-state index is 0.472. The topological polar surface area (TPSA) is 101 Å². The van der Waals surface area contributed by atoms with Gasteiger partial charge in [-0.1, -0.05) is 6.07 Å². The third kappa shape index (κ3) is 1.80. The number of hydrogen-bond acceptors (Lipinski definition) is 4. The van der Waals surface area contributed by atoms with Gasteiger partial charge in [0.1, 0.15) is 10.6 Å². The largest absolute Gasteiger partial charge is 0.506 e. The summed E-state index contributed by atoms with van der Waals surface area (Å²) in [6.45, 7) is 0. The first-order valence-electron chi connectivity index (χ1n) is 4.38. The fraction of sp³-hybridized carbons (Fsp3) is 0. The van der Waals surface area contributed by atoms with Gasteiger partial charge in [-0.25, -0.2) is 0 Å². The van der Waals surface area contributed by atoms with Crippen LogP contribution in [0.15, 0.2) is 35.2 Å². The molecule has 2 aromatic carbocycles. The Bertz CT molecular complexity index is 664. The van der Waals surface area contributed by atoms with Crippen molar-refractivity contribution in [2.75, 3.05) is 5.73 Å². The number of hydrogen-bond donors (Lipinski definition) is 3. The standard InChI is InChI=1S/C10H9NO4S/c11-8-2-1-6-4-9(12)10(16(13,14)15)5-7(6)3-8/h1-5,12H,11H2,(H,13,14,15). The number of nitrogens with two attached hydrogens (primary N) is 1. The van der Waals surface area contributed by atoms with Gasteiger partial charge >= 0.3 is 0 Å². The van der Waals surface area contributed by atoms with Crippen molar-refractivity contribution in [1.29, 1.82) is 0 Å². The van der Waals surface area contributed by atoms with E-state index in [1.165, 1.54) is 12.1 Å². The molecule has 0 unspecified atom stereocenters. The summed E-state index contributed by atoms with van der Waals surface area (Å²) in [6.07, 6.45) is 0. The molecule has 0 aliphatic rings. The van der Waals surface area contributed by atoms with E-state index in [2.05, 4.69) is 0 Å². The van der Waals surface area contributed by atoms with Crippen LogP contribution in [0.3, 0.4) is 0 Å². The van der Waals surface area contributed by atoms with E-state index in [1.54, 1.807) is 18.2 Å². The molecule has 0 aromatic heterocycles. The molecule has 4 N–H and O–H groups in total. The lowest BCUT2D eigenvalue weighted by atomic mass is 10.1. The van der Waals surface area contributed by atoms with Crippen LogP contribution in [-0.4, -0.2) is 18.1 Å². The van der Waals surface area contributed by atoms with Gasteiger partial charge in [0.05, 0.1) is 0 Å². The molecule has 0 saturated carbocycles. The first kappa shape index (κ1) is 10.7. The molecule has 6 heteroatoms. The number of nitrogen functional groups attached to an aromatic ring is 1. The zero-order chi connectivity index (χ0) is 11.9. The minimum atomic E-state index is -4.43. The van der Waals surface area contributed by atoms with Crippen LogP contribution < -0.4 is 5.73 Å². The van der Waals surface area contributed by atoms with E-state index in [0.29, 0.717) is 16.5 Å². The van der Waals surface area contributed by atoms with E-state index in [4.69, 9.17) is 10.3 Å². The molecule has 16 heavy (non-hydrogen) atoms. The molecule has 0 aliphatic heterocycles. The van der Waals surface area contributed by atoms with Gasteiger partial charge in [-0.3, -0.25) is 4.55 Å². The SMILES string of the molecule is Nc1ccc2cc(O)c(S(=O)(=O)O)cc2c1. The molecule has 0 spiro atoms. The molecular weight excluding hydrogens is 230 g/mol. The Kier molecular flexibility index (Phi) is 2.25. The zero-order valence-corrected chi connectivity index (χ0v) is 8.90. The third-order valence-electron chi connectivity index (χ3n) is 2.22. The first-order valence-corrected chi connectivity index (χ1v) is 5.82. The molecular formula is C10H9NO4S. The van der Waals surface area contributed by atoms with E-state index in [0.717, 1.165) is 0 Å². The van der Waals surface area contributed by atoms with Gasteiger partial charge in [0.2, 0.25) is 0 Å². The van der Waals surface area contributed by atoms with Crippen molar-refractivity contribution in [1.82, 2.24) is 0 Å². The van der Waals surface area contributed by atoms with Gasteiger partial charge in [0, 0.05) is 5.69 Å². The zero-order valence-electron chi connectivity index (χ0n) is 8.08. The van der Waals surface area contributed by atoms with Crippen LogP contribution in [0.25, 0.3) is 10.8 Å². The summed E-state index contributed by atoms with van der Waals surface area (Å²) in [5.41, 5.74) is 6.02. The lowest BCUT2D eigenvalue weighted by molar-refractivity contribution is 0.444. The van der Waals surface area contributed by atoms with Crippen LogP contribution in [0.4, 0.5) is 5.69 Å². The number of fused-ring (bicyclic) bond motifs is 1. The quantitative estimate of drug-likeness (QED) is 0.515. The molecule has 0 heterocycles. The van der Waals surface area contributed by atoms with Crippen LogP contribution >= 0.6 is 0 Å². The smallest absolute Gasteiger partial charge is 0.298 e. The molecule has 2 rings (SSSR count). The first-order chi connectivity index (χ1) is 7.38. The summed E-state index contributed by atoms with van der Waals surface area (Å²) >= 11 is 0. The van der Waals surface area contributed by atoms with Gasteiger partial charge in [0.15, 0.2) is 0 Å². The van der Waals surface area contributed by atoms with Crippen molar-refractivity contribution in [3.63, 3.8) is 0 Å². The summed E-state index contributed by atoms with van der Waals surface area (Å²) in [7, 11) is -4.43. The molecule has 0 atom stereocenters. The Morgan fingerprint density at radius 2 is 1.75 bits per heavy atom. The number of rotatable bonds is 1. The fourth-order valence-corrected chi connectivity index (χ4v) is 2.09. The van der Waals surface area contributed by atoms with Crippen LogP contribution in [0.1, 0.15) is 0 Å². The highest BCUT2D eigenvalue weighted by atomic mass is 32.2. The summed E-state index contributed by atoms with van der Waals surface area (Å²) in [4.78, 5) is -0.523. The van der Waals surface area contributed by atoms with E-state index >= 15 is 0 Å².